The molecule has 1 aliphatic heterocycles. The number of rotatable bonds is 7. The number of hydrogen-bond acceptors (Lipinski definition) is 7. The SMILES string of the molecule is CN(c1cc(F)c(S(=O)(=O)Nc2cscn2)cc1Cl)C1CCN(Cc2ccccc2O)C1. The smallest absolute Gasteiger partial charge is 0.266 e. The molecule has 0 spiro atoms. The quantitative estimate of drug-likeness (QED) is 0.511. The summed E-state index contributed by atoms with van der Waals surface area (Å²) in [4.78, 5) is 7.42. The van der Waals surface area contributed by atoms with Gasteiger partial charge in [0.25, 0.3) is 10.0 Å². The monoisotopic (exact) mass is 496 g/mol. The van der Waals surface area contributed by atoms with E-state index in [0.29, 0.717) is 18.8 Å². The zero-order valence-electron chi connectivity index (χ0n) is 17.2. The van der Waals surface area contributed by atoms with E-state index < -0.39 is 20.7 Å². The summed E-state index contributed by atoms with van der Waals surface area (Å²) in [6.07, 6.45) is 0.827. The molecule has 0 saturated carbocycles. The van der Waals surface area contributed by atoms with E-state index in [-0.39, 0.29) is 22.6 Å². The number of nitrogens with zero attached hydrogens (tertiary/aromatic N) is 3. The van der Waals surface area contributed by atoms with Gasteiger partial charge in [0, 0.05) is 49.7 Å². The molecule has 1 fully saturated rings. The van der Waals surface area contributed by atoms with Gasteiger partial charge in [-0.05, 0) is 18.6 Å². The lowest BCUT2D eigenvalue weighted by Crippen LogP contribution is -2.34. The van der Waals surface area contributed by atoms with E-state index >= 15 is 0 Å². The molecule has 1 atom stereocenters. The van der Waals surface area contributed by atoms with E-state index in [9.17, 15) is 17.9 Å². The second kappa shape index (κ2) is 9.22. The van der Waals surface area contributed by atoms with Crippen molar-refractivity contribution in [3.63, 3.8) is 0 Å². The normalized spacial score (nSPS) is 16.9. The molecule has 1 aromatic heterocycles. The lowest BCUT2D eigenvalue weighted by molar-refractivity contribution is 0.319. The zero-order valence-corrected chi connectivity index (χ0v) is 19.6. The number of thiazole rings is 1. The van der Waals surface area contributed by atoms with Crippen LogP contribution >= 0.6 is 22.9 Å². The standard InChI is InChI=1S/C21H22ClFN4O3S2/c1-26(15-6-7-27(11-15)10-14-4-2-3-5-19(14)28)18-9-17(23)20(8-16(18)22)32(29,30)25-21-12-31-13-24-21/h2-5,8-9,12-13,15,25,28H,6-7,10-11H2,1H3. The Hall–Kier alpha value is -2.40. The first-order valence-electron chi connectivity index (χ1n) is 9.86. The number of phenols is 1. The van der Waals surface area contributed by atoms with Crippen LogP contribution in [-0.2, 0) is 16.6 Å². The molecule has 1 unspecified atom stereocenters. The summed E-state index contributed by atoms with van der Waals surface area (Å²) < 4.78 is 42.2. The summed E-state index contributed by atoms with van der Waals surface area (Å²) in [5.41, 5.74) is 2.75. The molecule has 0 radical (unpaired) electrons. The van der Waals surface area contributed by atoms with Gasteiger partial charge in [0.1, 0.15) is 16.5 Å². The van der Waals surface area contributed by atoms with Gasteiger partial charge >= 0.3 is 0 Å². The number of anilines is 2. The number of hydrogen-bond donors (Lipinski definition) is 2. The molecule has 2 aromatic carbocycles. The summed E-state index contributed by atoms with van der Waals surface area (Å²) in [6, 6.07) is 9.57. The molecule has 1 aliphatic rings. The van der Waals surface area contributed by atoms with Gasteiger partial charge in [0.15, 0.2) is 5.82 Å². The first kappa shape index (κ1) is 22.8. The van der Waals surface area contributed by atoms with E-state index in [1.807, 2.05) is 24.1 Å². The third-order valence-corrected chi connectivity index (χ3v) is 7.78. The van der Waals surface area contributed by atoms with Crippen molar-refractivity contribution < 1.29 is 17.9 Å². The van der Waals surface area contributed by atoms with Gasteiger partial charge in [-0.2, -0.15) is 0 Å². The lowest BCUT2D eigenvalue weighted by atomic mass is 10.2. The molecule has 2 heterocycles. The number of halogens is 2. The van der Waals surface area contributed by atoms with Crippen LogP contribution in [0.2, 0.25) is 5.02 Å². The number of benzene rings is 2. The van der Waals surface area contributed by atoms with Crippen LogP contribution in [0.1, 0.15) is 12.0 Å². The fraction of sp³-hybridized carbons (Fsp3) is 0.286. The number of aromatic nitrogens is 1. The van der Waals surface area contributed by atoms with Gasteiger partial charge in [0.05, 0.1) is 16.2 Å². The largest absolute Gasteiger partial charge is 0.508 e. The third-order valence-electron chi connectivity index (χ3n) is 5.52. The van der Waals surface area contributed by atoms with E-state index in [1.54, 1.807) is 12.1 Å². The molecule has 170 valence electrons. The highest BCUT2D eigenvalue weighted by molar-refractivity contribution is 7.92. The fourth-order valence-corrected chi connectivity index (χ4v) is 5.81. The van der Waals surface area contributed by atoms with E-state index in [4.69, 9.17) is 11.6 Å². The van der Waals surface area contributed by atoms with Crippen LogP contribution in [-0.4, -0.2) is 49.6 Å². The Morgan fingerprint density at radius 1 is 1.38 bits per heavy atom. The van der Waals surface area contributed by atoms with Crippen molar-refractivity contribution in [3.05, 3.63) is 63.7 Å². The van der Waals surface area contributed by atoms with E-state index in [1.165, 1.54) is 22.2 Å². The van der Waals surface area contributed by atoms with Crippen LogP contribution in [0.4, 0.5) is 15.9 Å². The highest BCUT2D eigenvalue weighted by atomic mass is 35.5. The molecular weight excluding hydrogens is 475 g/mol. The van der Waals surface area contributed by atoms with E-state index in [2.05, 4.69) is 14.6 Å². The Labute approximate surface area is 195 Å². The summed E-state index contributed by atoms with van der Waals surface area (Å²) in [5, 5.41) is 11.7. The Balaban J connectivity index is 1.49. The molecule has 11 heteroatoms. The van der Waals surface area contributed by atoms with Crippen molar-refractivity contribution in [2.24, 2.45) is 0 Å². The average Bonchev–Trinajstić information content (AvgIpc) is 3.42. The third kappa shape index (κ3) is 4.83. The maximum absolute atomic E-state index is 14.8. The number of nitrogens with one attached hydrogen (secondary N) is 1. The average molecular weight is 497 g/mol. The van der Waals surface area contributed by atoms with E-state index in [0.717, 1.165) is 30.7 Å². The summed E-state index contributed by atoms with van der Waals surface area (Å²) >= 11 is 7.61. The minimum Gasteiger partial charge on any atom is -0.508 e. The molecule has 4 rings (SSSR count). The number of para-hydroxylation sites is 1. The minimum absolute atomic E-state index is 0.0633. The van der Waals surface area contributed by atoms with Crippen molar-refractivity contribution in [1.82, 2.24) is 9.88 Å². The maximum atomic E-state index is 14.8. The summed E-state index contributed by atoms with van der Waals surface area (Å²) in [5.74, 6) is -0.497. The Morgan fingerprint density at radius 2 is 2.16 bits per heavy atom. The van der Waals surface area contributed by atoms with Crippen molar-refractivity contribution >= 4 is 44.5 Å². The van der Waals surface area contributed by atoms with Gasteiger partial charge < -0.3 is 10.0 Å². The molecule has 32 heavy (non-hydrogen) atoms. The van der Waals surface area contributed by atoms with Gasteiger partial charge in [-0.3, -0.25) is 9.62 Å². The van der Waals surface area contributed by atoms with Crippen LogP contribution in [0, 0.1) is 5.82 Å². The molecule has 0 aliphatic carbocycles. The summed E-state index contributed by atoms with van der Waals surface area (Å²) in [7, 11) is -2.35. The van der Waals surface area contributed by atoms with Crippen molar-refractivity contribution in [2.45, 2.75) is 23.9 Å². The Morgan fingerprint density at radius 3 is 2.88 bits per heavy atom. The van der Waals surface area contributed by atoms with Gasteiger partial charge in [-0.25, -0.2) is 17.8 Å². The van der Waals surface area contributed by atoms with Crippen LogP contribution in [0.5, 0.6) is 5.75 Å². The number of aromatic hydroxyl groups is 1. The predicted octanol–water partition coefficient (Wildman–Crippen LogP) is 4.15. The van der Waals surface area contributed by atoms with Crippen molar-refractivity contribution in [3.8, 4) is 5.75 Å². The second-order valence-electron chi connectivity index (χ2n) is 7.63. The summed E-state index contributed by atoms with van der Waals surface area (Å²) in [6.45, 7) is 2.13. The molecule has 2 N–H and O–H groups in total. The van der Waals surface area contributed by atoms with Crippen LogP contribution in [0.3, 0.4) is 0 Å². The minimum atomic E-state index is -4.16. The highest BCUT2D eigenvalue weighted by Crippen LogP contribution is 2.34. The highest BCUT2D eigenvalue weighted by Gasteiger charge is 2.29. The predicted molar refractivity (Wildman–Crippen MR) is 125 cm³/mol. The number of sulfonamides is 1. The molecule has 3 aromatic rings. The number of likely N-dealkylation sites (tertiary alicyclic amines) is 1. The molecular formula is C21H22ClFN4O3S2. The Kier molecular flexibility index (Phi) is 6.57. The molecule has 1 saturated heterocycles. The topological polar surface area (TPSA) is 85.8 Å². The lowest BCUT2D eigenvalue weighted by Gasteiger charge is -2.28. The zero-order chi connectivity index (χ0) is 22.9. The maximum Gasteiger partial charge on any atom is 0.266 e. The van der Waals surface area contributed by atoms with Gasteiger partial charge in [0.2, 0.25) is 0 Å². The van der Waals surface area contributed by atoms with Crippen molar-refractivity contribution in [1.29, 1.82) is 0 Å². The van der Waals surface area contributed by atoms with Gasteiger partial charge in [-0.1, -0.05) is 29.8 Å². The fourth-order valence-electron chi connectivity index (χ4n) is 3.80. The van der Waals surface area contributed by atoms with Crippen LogP contribution in [0.25, 0.3) is 0 Å². The first-order chi connectivity index (χ1) is 15.2. The molecule has 7 nitrogen and oxygen atoms in total. The number of likely N-dealkylation sites (N-methyl/N-ethyl adjacent to an activating group) is 1. The molecule has 0 amide bonds. The Bertz CT molecular complexity index is 1210. The van der Waals surface area contributed by atoms with Gasteiger partial charge in [-0.15, -0.1) is 11.3 Å². The second-order valence-corrected chi connectivity index (χ2v) is 10.4. The number of phenolic OH excluding ortho intramolecular Hbond substituents is 1. The molecule has 0 bridgehead atoms. The first-order valence-corrected chi connectivity index (χ1v) is 12.7. The van der Waals surface area contributed by atoms with Crippen molar-refractivity contribution in [2.75, 3.05) is 29.8 Å². The van der Waals surface area contributed by atoms with Crippen LogP contribution < -0.4 is 9.62 Å². The van der Waals surface area contributed by atoms with Crippen LogP contribution in [0.15, 0.2) is 52.2 Å².